The van der Waals surface area contributed by atoms with Crippen molar-refractivity contribution >= 4 is 40.2 Å². The van der Waals surface area contributed by atoms with Gasteiger partial charge in [-0.3, -0.25) is 34.6 Å². The number of fused-ring (bicyclic) bond motifs is 2. The van der Waals surface area contributed by atoms with Crippen molar-refractivity contribution in [3.8, 4) is 0 Å². The maximum absolute atomic E-state index is 15.7. The van der Waals surface area contributed by atoms with E-state index in [1.807, 2.05) is 0 Å². The number of halogens is 1. The van der Waals surface area contributed by atoms with Crippen molar-refractivity contribution in [2.75, 3.05) is 13.1 Å². The van der Waals surface area contributed by atoms with Crippen LogP contribution in [0.4, 0.5) is 10.1 Å². The molecule has 0 aliphatic carbocycles. The average Bonchev–Trinajstić information content (AvgIpc) is 3.45. The van der Waals surface area contributed by atoms with E-state index in [1.165, 1.54) is 17.0 Å². The lowest BCUT2D eigenvalue weighted by Gasteiger charge is -2.32. The molecule has 40 heavy (non-hydrogen) atoms. The maximum Gasteiger partial charge on any atom is 0.271 e. The smallest absolute Gasteiger partial charge is 0.271 e. The van der Waals surface area contributed by atoms with Crippen LogP contribution in [0.1, 0.15) is 69.1 Å². The third-order valence-corrected chi connectivity index (χ3v) is 8.37. The molecule has 0 bridgehead atoms. The Hall–Kier alpha value is -4.61. The number of carbonyl (C=O) groups is 4. The largest absolute Gasteiger partial charge is 0.350 e. The van der Waals surface area contributed by atoms with E-state index in [9.17, 15) is 29.3 Å². The summed E-state index contributed by atoms with van der Waals surface area (Å²) in [4.78, 5) is 66.8. The Labute approximate surface area is 227 Å². The minimum atomic E-state index is -0.811. The number of aromatic amines is 1. The highest BCUT2D eigenvalue weighted by atomic mass is 19.1. The number of hydrogen-bond donors (Lipinski definition) is 2. The Morgan fingerprint density at radius 1 is 1.10 bits per heavy atom. The first-order valence-corrected chi connectivity index (χ1v) is 13.2. The fraction of sp³-hybridized carbons (Fsp3) is 0.357. The number of non-ortho nitro benzene ring substituents is 1. The van der Waals surface area contributed by atoms with Crippen molar-refractivity contribution in [2.24, 2.45) is 0 Å². The Bertz CT molecular complexity index is 1620. The molecule has 1 atom stereocenters. The lowest BCUT2D eigenvalue weighted by Crippen LogP contribution is -2.52. The molecule has 2 saturated heterocycles. The zero-order valence-corrected chi connectivity index (χ0v) is 21.7. The zero-order valence-electron chi connectivity index (χ0n) is 21.7. The van der Waals surface area contributed by atoms with Crippen molar-refractivity contribution in [1.29, 1.82) is 0 Å². The van der Waals surface area contributed by atoms with Gasteiger partial charge in [-0.1, -0.05) is 6.07 Å². The van der Waals surface area contributed by atoms with Crippen LogP contribution in [0.2, 0.25) is 0 Å². The minimum Gasteiger partial charge on any atom is -0.350 e. The van der Waals surface area contributed by atoms with E-state index in [1.54, 1.807) is 30.0 Å². The lowest BCUT2D eigenvalue weighted by atomic mass is 9.87. The summed E-state index contributed by atoms with van der Waals surface area (Å²) in [6.45, 7) is 2.56. The quantitative estimate of drug-likeness (QED) is 0.291. The van der Waals surface area contributed by atoms with E-state index in [-0.39, 0.29) is 53.9 Å². The highest BCUT2D eigenvalue weighted by Gasteiger charge is 2.41. The number of aryl methyl sites for hydroxylation is 1. The molecule has 11 nitrogen and oxygen atoms in total. The summed E-state index contributed by atoms with van der Waals surface area (Å²) in [6, 6.07) is 6.86. The number of piperidine rings is 2. The zero-order chi connectivity index (χ0) is 28.3. The monoisotopic (exact) mass is 547 g/mol. The van der Waals surface area contributed by atoms with E-state index in [0.717, 1.165) is 5.39 Å². The fourth-order valence-corrected chi connectivity index (χ4v) is 6.14. The normalized spacial score (nSPS) is 19.8. The summed E-state index contributed by atoms with van der Waals surface area (Å²) in [5.41, 5.74) is 2.52. The summed E-state index contributed by atoms with van der Waals surface area (Å²) >= 11 is 0. The van der Waals surface area contributed by atoms with Gasteiger partial charge >= 0.3 is 0 Å². The number of benzene rings is 2. The second-order valence-corrected chi connectivity index (χ2v) is 10.6. The van der Waals surface area contributed by atoms with E-state index >= 15 is 4.39 Å². The number of aromatic nitrogens is 1. The lowest BCUT2D eigenvalue weighted by molar-refractivity contribution is -0.384. The molecule has 1 aromatic heterocycles. The standard InChI is InChI=1S/C28H26FN5O6/c1-14-17-3-2-16(34(39)40)12-21(17)30-25(14)28(38)32-10-8-15(9-11-32)18-4-5-19-20(24(18)29)13-33(27(19)37)22-6-7-23(35)31-26(22)36/h2-5,12,15,22,30H,6-11,13H2,1H3,(H,31,35,36). The van der Waals surface area contributed by atoms with Gasteiger partial charge < -0.3 is 14.8 Å². The van der Waals surface area contributed by atoms with Gasteiger partial charge in [-0.25, -0.2) is 4.39 Å². The summed E-state index contributed by atoms with van der Waals surface area (Å²) in [6.07, 6.45) is 1.38. The number of nitro groups is 1. The van der Waals surface area contributed by atoms with Crippen LogP contribution in [0.25, 0.3) is 10.9 Å². The molecule has 3 aliphatic rings. The molecule has 3 aliphatic heterocycles. The molecule has 6 rings (SSSR count). The Kier molecular flexibility index (Phi) is 6.12. The maximum atomic E-state index is 15.7. The van der Waals surface area contributed by atoms with Gasteiger partial charge in [0.25, 0.3) is 17.5 Å². The van der Waals surface area contributed by atoms with E-state index < -0.39 is 28.6 Å². The molecule has 0 saturated carbocycles. The van der Waals surface area contributed by atoms with Crippen LogP contribution in [-0.2, 0) is 16.1 Å². The number of hydrogen-bond acceptors (Lipinski definition) is 6. The highest BCUT2D eigenvalue weighted by Crippen LogP contribution is 2.37. The molecule has 0 spiro atoms. The summed E-state index contributed by atoms with van der Waals surface area (Å²) < 4.78 is 15.7. The van der Waals surface area contributed by atoms with Crippen molar-refractivity contribution in [3.63, 3.8) is 0 Å². The van der Waals surface area contributed by atoms with Gasteiger partial charge in [-0.15, -0.1) is 0 Å². The third-order valence-electron chi connectivity index (χ3n) is 8.37. The number of imide groups is 1. The minimum absolute atomic E-state index is 0.0325. The molecule has 1 unspecified atom stereocenters. The van der Waals surface area contributed by atoms with E-state index in [2.05, 4.69) is 10.3 Å². The van der Waals surface area contributed by atoms with Crippen molar-refractivity contribution in [2.45, 2.75) is 51.1 Å². The van der Waals surface area contributed by atoms with Crippen LogP contribution in [0.15, 0.2) is 30.3 Å². The molecule has 2 N–H and O–H groups in total. The second kappa shape index (κ2) is 9.54. The number of H-pyrrole nitrogens is 1. The van der Waals surface area contributed by atoms with Gasteiger partial charge in [-0.05, 0) is 55.4 Å². The number of amides is 4. The summed E-state index contributed by atoms with van der Waals surface area (Å²) in [5.74, 6) is -2.17. The van der Waals surface area contributed by atoms with Crippen LogP contribution < -0.4 is 5.32 Å². The van der Waals surface area contributed by atoms with Crippen LogP contribution in [0.5, 0.6) is 0 Å². The highest BCUT2D eigenvalue weighted by molar-refractivity contribution is 6.05. The first kappa shape index (κ1) is 25.7. The number of carbonyl (C=O) groups excluding carboxylic acids is 4. The second-order valence-electron chi connectivity index (χ2n) is 10.6. The Morgan fingerprint density at radius 3 is 2.55 bits per heavy atom. The molecule has 3 aromatic rings. The summed E-state index contributed by atoms with van der Waals surface area (Å²) in [5, 5.41) is 14.1. The molecular weight excluding hydrogens is 521 g/mol. The van der Waals surface area contributed by atoms with Gasteiger partial charge in [0.05, 0.1) is 17.0 Å². The van der Waals surface area contributed by atoms with Gasteiger partial charge in [0, 0.05) is 48.2 Å². The SMILES string of the molecule is Cc1c(C(=O)N2CCC(c3ccc4c(c3F)CN(C3CCC(=O)NC3=O)C4=O)CC2)[nH]c2cc([N+](=O)[O-])ccc12. The van der Waals surface area contributed by atoms with Crippen LogP contribution in [0.3, 0.4) is 0 Å². The van der Waals surface area contributed by atoms with Gasteiger partial charge in [0.2, 0.25) is 11.8 Å². The molecule has 2 fully saturated rings. The van der Waals surface area contributed by atoms with Crippen LogP contribution in [0, 0.1) is 22.9 Å². The number of likely N-dealkylation sites (tertiary alicyclic amines) is 1. The van der Waals surface area contributed by atoms with Crippen molar-refractivity contribution in [3.05, 3.63) is 74.2 Å². The van der Waals surface area contributed by atoms with Crippen molar-refractivity contribution < 1.29 is 28.5 Å². The Morgan fingerprint density at radius 2 is 1.85 bits per heavy atom. The molecular formula is C28H26FN5O6. The predicted molar refractivity (Wildman–Crippen MR) is 140 cm³/mol. The number of nitrogens with zero attached hydrogens (tertiary/aromatic N) is 3. The van der Waals surface area contributed by atoms with E-state index in [4.69, 9.17) is 0 Å². The predicted octanol–water partition coefficient (Wildman–Crippen LogP) is 3.30. The summed E-state index contributed by atoms with van der Waals surface area (Å²) in [7, 11) is 0. The first-order chi connectivity index (χ1) is 19.1. The van der Waals surface area contributed by atoms with Crippen LogP contribution in [-0.4, -0.2) is 62.5 Å². The molecule has 4 heterocycles. The molecule has 12 heteroatoms. The topological polar surface area (TPSA) is 146 Å². The third kappa shape index (κ3) is 4.10. The van der Waals surface area contributed by atoms with Crippen molar-refractivity contribution in [1.82, 2.24) is 20.1 Å². The van der Waals surface area contributed by atoms with Gasteiger partial charge in [0.1, 0.15) is 17.6 Å². The number of rotatable bonds is 4. The van der Waals surface area contributed by atoms with Crippen LogP contribution >= 0.6 is 0 Å². The first-order valence-electron chi connectivity index (χ1n) is 13.2. The van der Waals surface area contributed by atoms with Gasteiger partial charge in [-0.2, -0.15) is 0 Å². The molecule has 4 amide bonds. The molecule has 206 valence electrons. The van der Waals surface area contributed by atoms with Gasteiger partial charge in [0.15, 0.2) is 0 Å². The molecule has 0 radical (unpaired) electrons. The average molecular weight is 548 g/mol. The Balaban J connectivity index is 1.16. The molecule has 2 aromatic carbocycles. The van der Waals surface area contributed by atoms with E-state index in [0.29, 0.717) is 48.3 Å². The number of nitrogens with one attached hydrogen (secondary N) is 2. The number of nitro benzene ring substituents is 1. The fourth-order valence-electron chi connectivity index (χ4n) is 6.14.